The van der Waals surface area contributed by atoms with E-state index in [9.17, 15) is 18.0 Å². The summed E-state index contributed by atoms with van der Waals surface area (Å²) in [6.45, 7) is 4.73. The number of nitrogens with zero attached hydrogens (tertiary/aromatic N) is 2. The van der Waals surface area contributed by atoms with Gasteiger partial charge in [0.2, 0.25) is 15.9 Å². The Morgan fingerprint density at radius 3 is 2.52 bits per heavy atom. The van der Waals surface area contributed by atoms with Crippen LogP contribution in [0.5, 0.6) is 0 Å². The summed E-state index contributed by atoms with van der Waals surface area (Å²) >= 11 is 5.99. The van der Waals surface area contributed by atoms with Crippen LogP contribution in [-0.2, 0) is 14.8 Å². The molecule has 0 saturated carbocycles. The maximum atomic E-state index is 13.0. The van der Waals surface area contributed by atoms with Gasteiger partial charge in [0.1, 0.15) is 6.54 Å². The van der Waals surface area contributed by atoms with Crippen LogP contribution in [0.25, 0.3) is 0 Å². The van der Waals surface area contributed by atoms with Crippen LogP contribution in [0.3, 0.4) is 0 Å². The van der Waals surface area contributed by atoms with E-state index in [1.54, 1.807) is 37.3 Å². The normalized spacial score (nSPS) is 14.4. The SMILES string of the molecule is CCN(CC(=O)Nc1cc(Cl)ccc1C)C(=O)c1cccc(S(=O)(=O)N2CCCC2)c1. The summed E-state index contributed by atoms with van der Waals surface area (Å²) in [5.74, 6) is -0.764. The first-order valence-electron chi connectivity index (χ1n) is 10.2. The molecule has 2 aromatic rings. The second-order valence-corrected chi connectivity index (χ2v) is 9.84. The fourth-order valence-electron chi connectivity index (χ4n) is 3.47. The highest BCUT2D eigenvalue weighted by Gasteiger charge is 2.28. The number of halogens is 1. The number of sulfonamides is 1. The van der Waals surface area contributed by atoms with Crippen molar-refractivity contribution in [2.45, 2.75) is 31.6 Å². The lowest BCUT2D eigenvalue weighted by molar-refractivity contribution is -0.116. The van der Waals surface area contributed by atoms with Crippen LogP contribution in [0.15, 0.2) is 47.4 Å². The van der Waals surface area contributed by atoms with E-state index in [0.29, 0.717) is 30.3 Å². The van der Waals surface area contributed by atoms with Gasteiger partial charge < -0.3 is 10.2 Å². The van der Waals surface area contributed by atoms with E-state index in [4.69, 9.17) is 11.6 Å². The standard InChI is InChI=1S/C22H26ClN3O4S/c1-3-25(15-21(27)24-20-14-18(23)10-9-16(20)2)22(28)17-7-6-8-19(13-17)31(29,30)26-11-4-5-12-26/h6-10,13-14H,3-5,11-12,15H2,1-2H3,(H,24,27). The summed E-state index contributed by atoms with van der Waals surface area (Å²) < 4.78 is 27.1. The van der Waals surface area contributed by atoms with Gasteiger partial charge in [-0.25, -0.2) is 8.42 Å². The average Bonchev–Trinajstić information content (AvgIpc) is 3.30. The van der Waals surface area contributed by atoms with Gasteiger partial charge in [-0.1, -0.05) is 23.7 Å². The number of hydrogen-bond donors (Lipinski definition) is 1. The first kappa shape index (κ1) is 23.2. The van der Waals surface area contributed by atoms with Gasteiger partial charge in [0.25, 0.3) is 5.91 Å². The Morgan fingerprint density at radius 2 is 1.84 bits per heavy atom. The van der Waals surface area contributed by atoms with Crippen molar-refractivity contribution in [2.24, 2.45) is 0 Å². The van der Waals surface area contributed by atoms with Crippen molar-refractivity contribution in [3.8, 4) is 0 Å². The summed E-state index contributed by atoms with van der Waals surface area (Å²) in [4.78, 5) is 27.0. The van der Waals surface area contributed by atoms with Crippen LogP contribution in [0.2, 0.25) is 5.02 Å². The quantitative estimate of drug-likeness (QED) is 0.680. The molecule has 31 heavy (non-hydrogen) atoms. The molecule has 1 heterocycles. The van der Waals surface area contributed by atoms with Crippen molar-refractivity contribution >= 4 is 39.1 Å². The first-order chi connectivity index (χ1) is 14.7. The van der Waals surface area contributed by atoms with Gasteiger partial charge in [-0.2, -0.15) is 4.31 Å². The Morgan fingerprint density at radius 1 is 1.13 bits per heavy atom. The molecule has 3 rings (SSSR count). The molecule has 0 radical (unpaired) electrons. The van der Waals surface area contributed by atoms with E-state index in [0.717, 1.165) is 18.4 Å². The number of carbonyl (C=O) groups is 2. The third-order valence-corrected chi connectivity index (χ3v) is 7.39. The van der Waals surface area contributed by atoms with E-state index in [-0.39, 0.29) is 22.9 Å². The van der Waals surface area contributed by atoms with Gasteiger partial charge in [0, 0.05) is 35.9 Å². The number of rotatable bonds is 7. The molecule has 1 N–H and O–H groups in total. The number of anilines is 1. The lowest BCUT2D eigenvalue weighted by Gasteiger charge is -2.21. The van der Waals surface area contributed by atoms with Crippen LogP contribution >= 0.6 is 11.6 Å². The van der Waals surface area contributed by atoms with Crippen LogP contribution < -0.4 is 5.32 Å². The molecule has 0 unspecified atom stereocenters. The molecule has 2 amide bonds. The topological polar surface area (TPSA) is 86.8 Å². The molecule has 1 fully saturated rings. The molecule has 1 saturated heterocycles. The van der Waals surface area contributed by atoms with Crippen molar-refractivity contribution in [3.05, 3.63) is 58.6 Å². The molecule has 1 aliphatic rings. The Labute approximate surface area is 188 Å². The Kier molecular flexibility index (Phi) is 7.35. The molecule has 2 aromatic carbocycles. The van der Waals surface area contributed by atoms with E-state index in [1.807, 2.05) is 6.92 Å². The summed E-state index contributed by atoms with van der Waals surface area (Å²) in [5.41, 5.74) is 1.67. The Hall–Kier alpha value is -2.42. The predicted octanol–water partition coefficient (Wildman–Crippen LogP) is 3.53. The summed E-state index contributed by atoms with van der Waals surface area (Å²) in [5, 5.41) is 3.28. The van der Waals surface area contributed by atoms with Gasteiger partial charge in [0.15, 0.2) is 0 Å². The molecule has 0 atom stereocenters. The van der Waals surface area contributed by atoms with Crippen LogP contribution in [0, 0.1) is 6.92 Å². The molecule has 0 aromatic heterocycles. The highest BCUT2D eigenvalue weighted by atomic mass is 35.5. The van der Waals surface area contributed by atoms with Gasteiger partial charge in [-0.3, -0.25) is 9.59 Å². The third kappa shape index (κ3) is 5.44. The van der Waals surface area contributed by atoms with Crippen LogP contribution in [0.4, 0.5) is 5.69 Å². The number of nitrogens with one attached hydrogen (secondary N) is 1. The summed E-state index contributed by atoms with van der Waals surface area (Å²) in [6.07, 6.45) is 1.67. The first-order valence-corrected chi connectivity index (χ1v) is 12.0. The van der Waals surface area contributed by atoms with E-state index >= 15 is 0 Å². The molecule has 9 heteroatoms. The van der Waals surface area contributed by atoms with E-state index < -0.39 is 15.9 Å². The zero-order valence-electron chi connectivity index (χ0n) is 17.6. The molecule has 0 aliphatic carbocycles. The molecule has 7 nitrogen and oxygen atoms in total. The Balaban J connectivity index is 1.74. The molecule has 1 aliphatic heterocycles. The number of aryl methyl sites for hydroxylation is 1. The van der Waals surface area contributed by atoms with Gasteiger partial charge in [0.05, 0.1) is 4.90 Å². The maximum absolute atomic E-state index is 13.0. The second kappa shape index (κ2) is 9.80. The predicted molar refractivity (Wildman–Crippen MR) is 121 cm³/mol. The zero-order chi connectivity index (χ0) is 22.6. The number of amides is 2. The minimum absolute atomic E-state index is 0.0929. The van der Waals surface area contributed by atoms with Gasteiger partial charge >= 0.3 is 0 Å². The van der Waals surface area contributed by atoms with Crippen LogP contribution in [0.1, 0.15) is 35.7 Å². The fraction of sp³-hybridized carbons (Fsp3) is 0.364. The number of likely N-dealkylation sites (N-methyl/N-ethyl adjacent to an activating group) is 1. The number of carbonyl (C=O) groups excluding carboxylic acids is 2. The zero-order valence-corrected chi connectivity index (χ0v) is 19.2. The largest absolute Gasteiger partial charge is 0.330 e. The average molecular weight is 464 g/mol. The molecule has 0 spiro atoms. The van der Waals surface area contributed by atoms with Gasteiger partial charge in [-0.15, -0.1) is 0 Å². The minimum Gasteiger partial charge on any atom is -0.330 e. The fourth-order valence-corrected chi connectivity index (χ4v) is 5.20. The number of benzene rings is 2. The molecular formula is C22H26ClN3O4S. The monoisotopic (exact) mass is 463 g/mol. The third-order valence-electron chi connectivity index (χ3n) is 5.26. The smallest absolute Gasteiger partial charge is 0.254 e. The lowest BCUT2D eigenvalue weighted by atomic mass is 10.2. The molecular weight excluding hydrogens is 438 g/mol. The highest BCUT2D eigenvalue weighted by molar-refractivity contribution is 7.89. The summed E-state index contributed by atoms with van der Waals surface area (Å²) in [7, 11) is -3.63. The lowest BCUT2D eigenvalue weighted by Crippen LogP contribution is -2.38. The molecule has 166 valence electrons. The van der Waals surface area contributed by atoms with Crippen molar-refractivity contribution < 1.29 is 18.0 Å². The van der Waals surface area contributed by atoms with Crippen molar-refractivity contribution in [1.29, 1.82) is 0 Å². The van der Waals surface area contributed by atoms with Crippen molar-refractivity contribution in [1.82, 2.24) is 9.21 Å². The summed E-state index contributed by atoms with van der Waals surface area (Å²) in [6, 6.07) is 11.2. The minimum atomic E-state index is -3.63. The highest BCUT2D eigenvalue weighted by Crippen LogP contribution is 2.23. The van der Waals surface area contributed by atoms with Crippen molar-refractivity contribution in [3.63, 3.8) is 0 Å². The van der Waals surface area contributed by atoms with Gasteiger partial charge in [-0.05, 0) is 62.6 Å². The number of hydrogen-bond acceptors (Lipinski definition) is 4. The Bertz CT molecular complexity index is 1080. The molecule has 0 bridgehead atoms. The van der Waals surface area contributed by atoms with Crippen molar-refractivity contribution in [2.75, 3.05) is 31.5 Å². The van der Waals surface area contributed by atoms with E-state index in [2.05, 4.69) is 5.32 Å². The van der Waals surface area contributed by atoms with Crippen LogP contribution in [-0.4, -0.2) is 55.6 Å². The maximum Gasteiger partial charge on any atom is 0.254 e. The second-order valence-electron chi connectivity index (χ2n) is 7.47. The van der Waals surface area contributed by atoms with E-state index in [1.165, 1.54) is 21.3 Å².